The van der Waals surface area contributed by atoms with Gasteiger partial charge in [-0.3, -0.25) is 4.79 Å². The smallest absolute Gasteiger partial charge is 0.251 e. The zero-order chi connectivity index (χ0) is 13.0. The molecule has 1 aromatic carbocycles. The van der Waals surface area contributed by atoms with Gasteiger partial charge in [-0.2, -0.15) is 0 Å². The van der Waals surface area contributed by atoms with Gasteiger partial charge in [-0.25, -0.2) is 0 Å². The molecule has 2 atom stereocenters. The molecule has 0 aromatic heterocycles. The topological polar surface area (TPSA) is 58.6 Å². The van der Waals surface area contributed by atoms with E-state index in [-0.39, 0.29) is 17.8 Å². The third-order valence-corrected chi connectivity index (χ3v) is 3.40. The number of amides is 1. The normalized spacial score (nSPS) is 22.9. The summed E-state index contributed by atoms with van der Waals surface area (Å²) < 4.78 is 5.58. The minimum absolute atomic E-state index is 0.100. The quantitative estimate of drug-likeness (QED) is 0.857. The Balaban J connectivity index is 1.86. The van der Waals surface area contributed by atoms with Crippen molar-refractivity contribution in [2.45, 2.75) is 25.9 Å². The number of carbonyl (C=O) groups excluding carboxylic acids is 1. The average Bonchev–Trinajstić information content (AvgIpc) is 2.84. The standard InChI is InChI=1S/C14H19NO3/c1-2-13-11(7-8-18-13)9-15-14(17)10-3-5-12(16)6-4-10/h3-6,11,13,16H,2,7-9H2,1H3,(H,15,17). The van der Waals surface area contributed by atoms with E-state index in [1.807, 2.05) is 0 Å². The van der Waals surface area contributed by atoms with Gasteiger partial charge in [-0.05, 0) is 37.1 Å². The lowest BCUT2D eigenvalue weighted by Gasteiger charge is -2.17. The predicted molar refractivity (Wildman–Crippen MR) is 68.6 cm³/mol. The summed E-state index contributed by atoms with van der Waals surface area (Å²) in [7, 11) is 0. The van der Waals surface area contributed by atoms with Crippen LogP contribution in [0.4, 0.5) is 0 Å². The Kier molecular flexibility index (Phi) is 4.20. The third-order valence-electron chi connectivity index (χ3n) is 3.40. The number of hydrogen-bond acceptors (Lipinski definition) is 3. The van der Waals surface area contributed by atoms with E-state index >= 15 is 0 Å². The van der Waals surface area contributed by atoms with Crippen LogP contribution in [0.3, 0.4) is 0 Å². The molecule has 1 aliphatic rings. The molecule has 0 bridgehead atoms. The van der Waals surface area contributed by atoms with Crippen LogP contribution in [0.15, 0.2) is 24.3 Å². The van der Waals surface area contributed by atoms with Crippen LogP contribution < -0.4 is 5.32 Å². The zero-order valence-corrected chi connectivity index (χ0v) is 10.6. The van der Waals surface area contributed by atoms with Crippen LogP contribution in [0.25, 0.3) is 0 Å². The van der Waals surface area contributed by atoms with Gasteiger partial charge in [0, 0.05) is 24.6 Å². The van der Waals surface area contributed by atoms with E-state index in [0.29, 0.717) is 18.0 Å². The van der Waals surface area contributed by atoms with Gasteiger partial charge in [0.2, 0.25) is 0 Å². The first-order valence-electron chi connectivity index (χ1n) is 6.39. The van der Waals surface area contributed by atoms with Crippen LogP contribution in [-0.4, -0.2) is 30.3 Å². The van der Waals surface area contributed by atoms with Crippen molar-refractivity contribution in [1.29, 1.82) is 0 Å². The monoisotopic (exact) mass is 249 g/mol. The van der Waals surface area contributed by atoms with E-state index in [0.717, 1.165) is 19.4 Å². The molecule has 0 aliphatic carbocycles. The summed E-state index contributed by atoms with van der Waals surface area (Å²) in [5.41, 5.74) is 0.569. The fraction of sp³-hybridized carbons (Fsp3) is 0.500. The van der Waals surface area contributed by atoms with Crippen molar-refractivity contribution in [3.63, 3.8) is 0 Å². The van der Waals surface area contributed by atoms with E-state index < -0.39 is 0 Å². The second-order valence-electron chi connectivity index (χ2n) is 4.62. The lowest BCUT2D eigenvalue weighted by Crippen LogP contribution is -2.32. The Morgan fingerprint density at radius 3 is 2.83 bits per heavy atom. The Hall–Kier alpha value is -1.55. The summed E-state index contributed by atoms with van der Waals surface area (Å²) in [5, 5.41) is 12.1. The third kappa shape index (κ3) is 3.01. The first kappa shape index (κ1) is 12.9. The molecule has 0 radical (unpaired) electrons. The number of phenols is 1. The summed E-state index contributed by atoms with van der Waals surface area (Å²) >= 11 is 0. The van der Waals surface area contributed by atoms with Crippen molar-refractivity contribution >= 4 is 5.91 Å². The maximum atomic E-state index is 11.9. The number of nitrogens with one attached hydrogen (secondary N) is 1. The summed E-state index contributed by atoms with van der Waals surface area (Å²) in [6, 6.07) is 6.27. The zero-order valence-electron chi connectivity index (χ0n) is 10.6. The molecule has 4 heteroatoms. The highest BCUT2D eigenvalue weighted by molar-refractivity contribution is 5.94. The van der Waals surface area contributed by atoms with E-state index in [1.165, 1.54) is 12.1 Å². The summed E-state index contributed by atoms with van der Waals surface area (Å²) in [6.07, 6.45) is 2.26. The first-order chi connectivity index (χ1) is 8.70. The highest BCUT2D eigenvalue weighted by Gasteiger charge is 2.26. The van der Waals surface area contributed by atoms with Crippen molar-refractivity contribution in [2.24, 2.45) is 5.92 Å². The van der Waals surface area contributed by atoms with E-state index in [4.69, 9.17) is 9.84 Å². The van der Waals surface area contributed by atoms with Gasteiger partial charge >= 0.3 is 0 Å². The SMILES string of the molecule is CCC1OCCC1CNC(=O)c1ccc(O)cc1. The Morgan fingerprint density at radius 2 is 2.17 bits per heavy atom. The molecule has 18 heavy (non-hydrogen) atoms. The first-order valence-corrected chi connectivity index (χ1v) is 6.39. The van der Waals surface area contributed by atoms with E-state index in [2.05, 4.69) is 12.2 Å². The highest BCUT2D eigenvalue weighted by Crippen LogP contribution is 2.22. The maximum absolute atomic E-state index is 11.9. The molecule has 1 amide bonds. The van der Waals surface area contributed by atoms with Gasteiger partial charge in [-0.1, -0.05) is 6.92 Å². The summed E-state index contributed by atoms with van der Waals surface area (Å²) in [6.45, 7) is 3.54. The van der Waals surface area contributed by atoms with Gasteiger partial charge in [0.25, 0.3) is 5.91 Å². The molecule has 1 aliphatic heterocycles. The van der Waals surface area contributed by atoms with Crippen molar-refractivity contribution in [2.75, 3.05) is 13.2 Å². The highest BCUT2D eigenvalue weighted by atomic mass is 16.5. The number of phenolic OH excluding ortho intramolecular Hbond substituents is 1. The molecule has 2 rings (SSSR count). The van der Waals surface area contributed by atoms with Gasteiger partial charge in [0.15, 0.2) is 0 Å². The number of hydrogen-bond donors (Lipinski definition) is 2. The number of benzene rings is 1. The minimum Gasteiger partial charge on any atom is -0.508 e. The molecule has 1 aromatic rings. The molecule has 1 saturated heterocycles. The lowest BCUT2D eigenvalue weighted by molar-refractivity contribution is 0.0827. The molecule has 2 N–H and O–H groups in total. The number of aromatic hydroxyl groups is 1. The van der Waals surface area contributed by atoms with Crippen molar-refractivity contribution in [3.05, 3.63) is 29.8 Å². The van der Waals surface area contributed by atoms with Crippen LogP contribution in [0, 0.1) is 5.92 Å². The molecular weight excluding hydrogens is 230 g/mol. The van der Waals surface area contributed by atoms with Crippen molar-refractivity contribution in [3.8, 4) is 5.75 Å². The van der Waals surface area contributed by atoms with Crippen LogP contribution in [0.1, 0.15) is 30.1 Å². The number of rotatable bonds is 4. The van der Waals surface area contributed by atoms with Gasteiger partial charge < -0.3 is 15.2 Å². The van der Waals surface area contributed by atoms with Gasteiger partial charge in [-0.15, -0.1) is 0 Å². The molecule has 4 nitrogen and oxygen atoms in total. The Bertz CT molecular complexity index is 402. The van der Waals surface area contributed by atoms with Crippen LogP contribution >= 0.6 is 0 Å². The average molecular weight is 249 g/mol. The summed E-state index contributed by atoms with van der Waals surface area (Å²) in [5.74, 6) is 0.481. The van der Waals surface area contributed by atoms with E-state index in [9.17, 15) is 4.79 Å². The number of carbonyl (C=O) groups is 1. The molecule has 0 spiro atoms. The fourth-order valence-corrected chi connectivity index (χ4v) is 2.32. The molecule has 1 fully saturated rings. The van der Waals surface area contributed by atoms with Gasteiger partial charge in [0.05, 0.1) is 6.10 Å². The molecular formula is C14H19NO3. The minimum atomic E-state index is -0.100. The Morgan fingerprint density at radius 1 is 1.44 bits per heavy atom. The summed E-state index contributed by atoms with van der Waals surface area (Å²) in [4.78, 5) is 11.9. The van der Waals surface area contributed by atoms with E-state index in [1.54, 1.807) is 12.1 Å². The maximum Gasteiger partial charge on any atom is 0.251 e. The second kappa shape index (κ2) is 5.87. The second-order valence-corrected chi connectivity index (χ2v) is 4.62. The van der Waals surface area contributed by atoms with Crippen LogP contribution in [0.5, 0.6) is 5.75 Å². The Labute approximate surface area is 107 Å². The molecule has 1 heterocycles. The lowest BCUT2D eigenvalue weighted by atomic mass is 9.99. The fourth-order valence-electron chi connectivity index (χ4n) is 2.32. The van der Waals surface area contributed by atoms with Crippen LogP contribution in [-0.2, 0) is 4.74 Å². The molecule has 2 unspecified atom stereocenters. The molecule has 0 saturated carbocycles. The van der Waals surface area contributed by atoms with Gasteiger partial charge in [0.1, 0.15) is 5.75 Å². The predicted octanol–water partition coefficient (Wildman–Crippen LogP) is 1.94. The van der Waals surface area contributed by atoms with Crippen molar-refractivity contribution < 1.29 is 14.6 Å². The molecule has 98 valence electrons. The van der Waals surface area contributed by atoms with Crippen LogP contribution in [0.2, 0.25) is 0 Å². The van der Waals surface area contributed by atoms with Crippen molar-refractivity contribution in [1.82, 2.24) is 5.32 Å². The number of ether oxygens (including phenoxy) is 1. The largest absolute Gasteiger partial charge is 0.508 e.